The summed E-state index contributed by atoms with van der Waals surface area (Å²) in [6.07, 6.45) is 0. The number of benzene rings is 8. The number of rotatable bonds is 6. The van der Waals surface area contributed by atoms with Gasteiger partial charge in [0, 0.05) is 38.8 Å². The van der Waals surface area contributed by atoms with Crippen LogP contribution in [0.1, 0.15) is 25.0 Å². The van der Waals surface area contributed by atoms with Gasteiger partial charge in [-0.15, -0.1) is 0 Å². The summed E-state index contributed by atoms with van der Waals surface area (Å²) in [4.78, 5) is 2.45. The molecule has 0 saturated carbocycles. The normalized spacial score (nSPS) is 12.9. The van der Waals surface area contributed by atoms with Crippen LogP contribution in [0.15, 0.2) is 194 Å². The Hall–Kier alpha value is -6.64. The van der Waals surface area contributed by atoms with Gasteiger partial charge in [0.15, 0.2) is 0 Å². The van der Waals surface area contributed by atoms with Crippen molar-refractivity contribution in [2.45, 2.75) is 19.3 Å². The predicted octanol–water partition coefficient (Wildman–Crippen LogP) is 13.9. The summed E-state index contributed by atoms with van der Waals surface area (Å²) < 4.78 is 2.40. The monoisotopic (exact) mass is 678 g/mol. The molecule has 0 bridgehead atoms. The van der Waals surface area contributed by atoms with Crippen molar-refractivity contribution in [3.63, 3.8) is 0 Å². The summed E-state index contributed by atoms with van der Waals surface area (Å²) >= 11 is 0. The fraction of sp³-hybridized carbons (Fsp3) is 0.0588. The number of hydrogen-bond donors (Lipinski definition) is 0. The van der Waals surface area contributed by atoms with Crippen LogP contribution in [0.3, 0.4) is 0 Å². The van der Waals surface area contributed by atoms with E-state index in [4.69, 9.17) is 0 Å². The van der Waals surface area contributed by atoms with Crippen molar-refractivity contribution >= 4 is 38.9 Å². The molecule has 0 atom stereocenters. The molecule has 0 aliphatic heterocycles. The molecule has 8 aromatic carbocycles. The van der Waals surface area contributed by atoms with E-state index in [-0.39, 0.29) is 5.41 Å². The van der Waals surface area contributed by atoms with Crippen LogP contribution >= 0.6 is 0 Å². The first-order valence-corrected chi connectivity index (χ1v) is 18.4. The van der Waals surface area contributed by atoms with Crippen LogP contribution in [-0.2, 0) is 5.41 Å². The molecule has 1 heterocycles. The highest BCUT2D eigenvalue weighted by molar-refractivity contribution is 6.10. The molecule has 1 aliphatic rings. The van der Waals surface area contributed by atoms with Crippen molar-refractivity contribution in [1.29, 1.82) is 0 Å². The number of anilines is 3. The van der Waals surface area contributed by atoms with Gasteiger partial charge in [-0.3, -0.25) is 0 Å². The zero-order chi connectivity index (χ0) is 35.5. The maximum absolute atomic E-state index is 2.45. The van der Waals surface area contributed by atoms with Crippen LogP contribution in [0.2, 0.25) is 0 Å². The fourth-order valence-corrected chi connectivity index (χ4v) is 8.78. The van der Waals surface area contributed by atoms with Gasteiger partial charge in [0.1, 0.15) is 0 Å². The molecule has 0 fully saturated rings. The molecule has 2 nitrogen and oxygen atoms in total. The van der Waals surface area contributed by atoms with E-state index >= 15 is 0 Å². The molecule has 9 aromatic rings. The standard InChI is InChI=1S/C51H38N2/c1-51(2)46-25-12-9-20-40(46)44-23-15-24-45(50(44)51)42-22-11-13-26-47(42)52(38-30-28-36(29-31-38)35-16-5-3-6-17-35)39-32-33-43-41-21-10-14-27-48(41)53(49(43)34-39)37-18-7-4-8-19-37/h3-34H,1-2H3. The summed E-state index contributed by atoms with van der Waals surface area (Å²) in [5.74, 6) is 0. The zero-order valence-corrected chi connectivity index (χ0v) is 29.9. The van der Waals surface area contributed by atoms with Gasteiger partial charge in [-0.1, -0.05) is 159 Å². The lowest BCUT2D eigenvalue weighted by Gasteiger charge is -2.30. The molecule has 252 valence electrons. The largest absolute Gasteiger partial charge is 0.310 e. The van der Waals surface area contributed by atoms with E-state index in [9.17, 15) is 0 Å². The van der Waals surface area contributed by atoms with E-state index < -0.39 is 0 Å². The van der Waals surface area contributed by atoms with Gasteiger partial charge in [-0.2, -0.15) is 0 Å². The summed E-state index contributed by atoms with van der Waals surface area (Å²) in [6.45, 7) is 4.75. The molecule has 1 aliphatic carbocycles. The Balaban J connectivity index is 1.22. The van der Waals surface area contributed by atoms with Gasteiger partial charge in [0.2, 0.25) is 0 Å². The molecule has 0 amide bonds. The van der Waals surface area contributed by atoms with E-state index in [1.54, 1.807) is 0 Å². The topological polar surface area (TPSA) is 8.17 Å². The molecule has 0 spiro atoms. The summed E-state index contributed by atoms with van der Waals surface area (Å²) in [5, 5.41) is 2.49. The van der Waals surface area contributed by atoms with Crippen LogP contribution in [0.4, 0.5) is 17.1 Å². The molecular formula is C51H38N2. The minimum absolute atomic E-state index is 0.146. The molecule has 0 N–H and O–H groups in total. The average molecular weight is 679 g/mol. The first-order valence-electron chi connectivity index (χ1n) is 18.4. The molecule has 0 radical (unpaired) electrons. The lowest BCUT2D eigenvalue weighted by Crippen LogP contribution is -2.17. The van der Waals surface area contributed by atoms with Crippen molar-refractivity contribution in [2.75, 3.05) is 4.90 Å². The second-order valence-corrected chi connectivity index (χ2v) is 14.6. The van der Waals surface area contributed by atoms with Gasteiger partial charge in [-0.25, -0.2) is 0 Å². The van der Waals surface area contributed by atoms with E-state index in [1.165, 1.54) is 66.3 Å². The van der Waals surface area contributed by atoms with E-state index in [0.717, 1.165) is 22.7 Å². The van der Waals surface area contributed by atoms with Crippen molar-refractivity contribution in [2.24, 2.45) is 0 Å². The number of para-hydroxylation sites is 3. The molecule has 53 heavy (non-hydrogen) atoms. The van der Waals surface area contributed by atoms with Crippen LogP contribution in [0.5, 0.6) is 0 Å². The molecule has 1 aromatic heterocycles. The lowest BCUT2D eigenvalue weighted by molar-refractivity contribution is 0.662. The third kappa shape index (κ3) is 4.94. The molecule has 10 rings (SSSR count). The lowest BCUT2D eigenvalue weighted by atomic mass is 9.78. The van der Waals surface area contributed by atoms with Crippen molar-refractivity contribution in [3.05, 3.63) is 205 Å². The van der Waals surface area contributed by atoms with Gasteiger partial charge in [0.05, 0.1) is 16.7 Å². The zero-order valence-electron chi connectivity index (χ0n) is 29.9. The highest BCUT2D eigenvalue weighted by Gasteiger charge is 2.37. The van der Waals surface area contributed by atoms with Gasteiger partial charge in [-0.05, 0) is 87.5 Å². The van der Waals surface area contributed by atoms with E-state index in [2.05, 4.69) is 217 Å². The maximum atomic E-state index is 2.45. The number of fused-ring (bicyclic) bond motifs is 6. The third-order valence-corrected chi connectivity index (χ3v) is 11.2. The Morgan fingerprint density at radius 1 is 0.415 bits per heavy atom. The first-order chi connectivity index (χ1) is 26.1. The minimum Gasteiger partial charge on any atom is -0.310 e. The van der Waals surface area contributed by atoms with Crippen LogP contribution in [-0.4, -0.2) is 4.57 Å². The van der Waals surface area contributed by atoms with Crippen molar-refractivity contribution in [1.82, 2.24) is 4.57 Å². The molecule has 0 unspecified atom stereocenters. The Morgan fingerprint density at radius 2 is 0.981 bits per heavy atom. The number of aromatic nitrogens is 1. The SMILES string of the molecule is CC1(C)c2ccccc2-c2cccc(-c3ccccc3N(c3ccc(-c4ccccc4)cc3)c3ccc4c5ccccc5n(-c5ccccc5)c4c3)c21. The second-order valence-electron chi connectivity index (χ2n) is 14.6. The number of hydrogen-bond acceptors (Lipinski definition) is 1. The van der Waals surface area contributed by atoms with Gasteiger partial charge >= 0.3 is 0 Å². The Labute approximate surface area is 310 Å². The second kappa shape index (κ2) is 12.3. The van der Waals surface area contributed by atoms with Crippen molar-refractivity contribution in [3.8, 4) is 39.1 Å². The quantitative estimate of drug-likeness (QED) is 0.170. The van der Waals surface area contributed by atoms with Gasteiger partial charge < -0.3 is 9.47 Å². The Bertz CT molecular complexity index is 2790. The van der Waals surface area contributed by atoms with Crippen LogP contribution in [0.25, 0.3) is 60.9 Å². The Kier molecular flexibility index (Phi) is 7.19. The first kappa shape index (κ1) is 31.1. The predicted molar refractivity (Wildman–Crippen MR) is 224 cm³/mol. The fourth-order valence-electron chi connectivity index (χ4n) is 8.78. The Morgan fingerprint density at radius 3 is 1.77 bits per heavy atom. The van der Waals surface area contributed by atoms with E-state index in [1.807, 2.05) is 0 Å². The highest BCUT2D eigenvalue weighted by atomic mass is 15.1. The van der Waals surface area contributed by atoms with Crippen LogP contribution in [0, 0.1) is 0 Å². The average Bonchev–Trinajstić information content (AvgIpc) is 3.67. The minimum atomic E-state index is -0.146. The molecule has 0 saturated heterocycles. The third-order valence-electron chi connectivity index (χ3n) is 11.2. The summed E-state index contributed by atoms with van der Waals surface area (Å²) in [6, 6.07) is 70.8. The summed E-state index contributed by atoms with van der Waals surface area (Å²) in [5.41, 5.74) is 17.0. The molecular weight excluding hydrogens is 641 g/mol. The smallest absolute Gasteiger partial charge is 0.0561 e. The highest BCUT2D eigenvalue weighted by Crippen LogP contribution is 2.54. The summed E-state index contributed by atoms with van der Waals surface area (Å²) in [7, 11) is 0. The van der Waals surface area contributed by atoms with Gasteiger partial charge in [0.25, 0.3) is 0 Å². The maximum Gasteiger partial charge on any atom is 0.0561 e. The molecule has 2 heteroatoms. The van der Waals surface area contributed by atoms with E-state index in [0.29, 0.717) is 0 Å². The van der Waals surface area contributed by atoms with Crippen LogP contribution < -0.4 is 4.90 Å². The number of nitrogens with zero attached hydrogens (tertiary/aromatic N) is 2. The van der Waals surface area contributed by atoms with Crippen molar-refractivity contribution < 1.29 is 0 Å².